The van der Waals surface area contributed by atoms with Gasteiger partial charge in [-0.1, -0.05) is 5.16 Å². The van der Waals surface area contributed by atoms with E-state index < -0.39 is 5.60 Å². The highest BCUT2D eigenvalue weighted by molar-refractivity contribution is 5.68. The third kappa shape index (κ3) is 4.74. The van der Waals surface area contributed by atoms with Crippen LogP contribution in [0.3, 0.4) is 0 Å². The lowest BCUT2D eigenvalue weighted by Crippen LogP contribution is -2.47. The minimum Gasteiger partial charge on any atom is -0.444 e. The fraction of sp³-hybridized carbons (Fsp3) is 0.733. The standard InChI is InChI=1S/C15H24N2O4/c1-14(2,3)20-13(18)17-9-6-15(4,7-10-17)19-11-12-5-8-16-21-12/h5,8H,6-7,9-11H2,1-4H3. The quantitative estimate of drug-likeness (QED) is 0.858. The summed E-state index contributed by atoms with van der Waals surface area (Å²) in [5, 5.41) is 3.65. The average molecular weight is 296 g/mol. The molecular weight excluding hydrogens is 272 g/mol. The van der Waals surface area contributed by atoms with Crippen molar-refractivity contribution in [1.29, 1.82) is 0 Å². The predicted octanol–water partition coefficient (Wildman–Crippen LogP) is 2.98. The molecule has 0 atom stereocenters. The first-order valence-corrected chi connectivity index (χ1v) is 7.29. The second-order valence-corrected chi connectivity index (χ2v) is 6.68. The summed E-state index contributed by atoms with van der Waals surface area (Å²) in [6, 6.07) is 1.79. The van der Waals surface area contributed by atoms with E-state index in [0.29, 0.717) is 25.5 Å². The molecule has 1 aliphatic rings. The molecule has 0 aliphatic carbocycles. The Balaban J connectivity index is 1.80. The van der Waals surface area contributed by atoms with Crippen LogP contribution in [0.25, 0.3) is 0 Å². The highest BCUT2D eigenvalue weighted by Crippen LogP contribution is 2.27. The first-order valence-electron chi connectivity index (χ1n) is 7.29. The Morgan fingerprint density at radius 3 is 2.62 bits per heavy atom. The van der Waals surface area contributed by atoms with Crippen LogP contribution in [0.15, 0.2) is 16.8 Å². The normalized spacial score (nSPS) is 18.6. The van der Waals surface area contributed by atoms with Crippen molar-refractivity contribution in [3.05, 3.63) is 18.0 Å². The van der Waals surface area contributed by atoms with Crippen LogP contribution in [-0.4, -0.2) is 40.4 Å². The van der Waals surface area contributed by atoms with Crippen molar-refractivity contribution in [1.82, 2.24) is 10.1 Å². The van der Waals surface area contributed by atoms with Crippen LogP contribution in [0.2, 0.25) is 0 Å². The maximum Gasteiger partial charge on any atom is 0.410 e. The zero-order valence-electron chi connectivity index (χ0n) is 13.2. The van der Waals surface area contributed by atoms with Crippen molar-refractivity contribution >= 4 is 6.09 Å². The van der Waals surface area contributed by atoms with Crippen molar-refractivity contribution in [2.45, 2.75) is 58.3 Å². The summed E-state index contributed by atoms with van der Waals surface area (Å²) >= 11 is 0. The molecule has 2 rings (SSSR count). The van der Waals surface area contributed by atoms with Gasteiger partial charge in [-0.15, -0.1) is 0 Å². The van der Waals surface area contributed by atoms with Crippen molar-refractivity contribution in [2.75, 3.05) is 13.1 Å². The monoisotopic (exact) mass is 296 g/mol. The fourth-order valence-corrected chi connectivity index (χ4v) is 2.20. The topological polar surface area (TPSA) is 64.8 Å². The molecule has 0 N–H and O–H groups in total. The van der Waals surface area contributed by atoms with E-state index in [-0.39, 0.29) is 11.7 Å². The number of carbonyl (C=O) groups excluding carboxylic acids is 1. The van der Waals surface area contributed by atoms with Crippen molar-refractivity contribution in [2.24, 2.45) is 0 Å². The number of rotatable bonds is 3. The minimum absolute atomic E-state index is 0.245. The largest absolute Gasteiger partial charge is 0.444 e. The van der Waals surface area contributed by atoms with Crippen LogP contribution in [0.5, 0.6) is 0 Å². The first-order chi connectivity index (χ1) is 9.77. The van der Waals surface area contributed by atoms with Gasteiger partial charge in [-0.05, 0) is 40.5 Å². The predicted molar refractivity (Wildman–Crippen MR) is 76.7 cm³/mol. The summed E-state index contributed by atoms with van der Waals surface area (Å²) in [7, 11) is 0. The number of piperidine rings is 1. The van der Waals surface area contributed by atoms with Gasteiger partial charge in [0.05, 0.1) is 11.8 Å². The van der Waals surface area contributed by atoms with E-state index in [4.69, 9.17) is 14.0 Å². The Morgan fingerprint density at radius 2 is 2.10 bits per heavy atom. The highest BCUT2D eigenvalue weighted by Gasteiger charge is 2.34. The van der Waals surface area contributed by atoms with Gasteiger partial charge in [0.25, 0.3) is 0 Å². The van der Waals surface area contributed by atoms with Crippen LogP contribution in [0, 0.1) is 0 Å². The SMILES string of the molecule is CC(C)(C)OC(=O)N1CCC(C)(OCc2ccno2)CC1. The lowest BCUT2D eigenvalue weighted by atomic mass is 9.93. The van der Waals surface area contributed by atoms with Crippen LogP contribution in [-0.2, 0) is 16.1 Å². The molecule has 1 amide bonds. The smallest absolute Gasteiger partial charge is 0.410 e. The summed E-state index contributed by atoms with van der Waals surface area (Å²) in [4.78, 5) is 13.7. The molecule has 0 spiro atoms. The van der Waals surface area contributed by atoms with Gasteiger partial charge in [0.2, 0.25) is 0 Å². The van der Waals surface area contributed by atoms with Gasteiger partial charge in [0.15, 0.2) is 5.76 Å². The summed E-state index contributed by atoms with van der Waals surface area (Å²) in [5.41, 5.74) is -0.702. The van der Waals surface area contributed by atoms with E-state index in [9.17, 15) is 4.79 Å². The molecule has 1 aromatic heterocycles. The van der Waals surface area contributed by atoms with Gasteiger partial charge in [-0.25, -0.2) is 4.79 Å². The fourth-order valence-electron chi connectivity index (χ4n) is 2.20. The number of nitrogens with zero attached hydrogens (tertiary/aromatic N) is 2. The zero-order valence-corrected chi connectivity index (χ0v) is 13.2. The summed E-state index contributed by atoms with van der Waals surface area (Å²) in [5.74, 6) is 0.714. The van der Waals surface area contributed by atoms with Crippen molar-refractivity contribution in [3.63, 3.8) is 0 Å². The third-order valence-corrected chi connectivity index (χ3v) is 3.53. The Bertz CT molecular complexity index is 457. The lowest BCUT2D eigenvalue weighted by molar-refractivity contribution is -0.0864. The van der Waals surface area contributed by atoms with Crippen molar-refractivity contribution in [3.8, 4) is 0 Å². The Morgan fingerprint density at radius 1 is 1.43 bits per heavy atom. The van der Waals surface area contributed by atoms with Gasteiger partial charge in [-0.3, -0.25) is 0 Å². The molecule has 1 fully saturated rings. The van der Waals surface area contributed by atoms with E-state index in [1.807, 2.05) is 20.8 Å². The van der Waals surface area contributed by atoms with E-state index in [2.05, 4.69) is 12.1 Å². The van der Waals surface area contributed by atoms with Crippen LogP contribution in [0.4, 0.5) is 4.79 Å². The molecule has 0 unspecified atom stereocenters. The molecule has 21 heavy (non-hydrogen) atoms. The van der Waals surface area contributed by atoms with Gasteiger partial charge in [0, 0.05) is 19.2 Å². The zero-order chi connectivity index (χ0) is 15.5. The molecule has 118 valence electrons. The minimum atomic E-state index is -0.458. The number of amides is 1. The molecule has 1 aromatic rings. The number of likely N-dealkylation sites (tertiary alicyclic amines) is 1. The number of aromatic nitrogens is 1. The summed E-state index contributed by atoms with van der Waals surface area (Å²) in [6.07, 6.45) is 2.91. The Labute approximate surface area is 125 Å². The van der Waals surface area contributed by atoms with Gasteiger partial charge in [-0.2, -0.15) is 0 Å². The van der Waals surface area contributed by atoms with Crippen LogP contribution >= 0.6 is 0 Å². The lowest BCUT2D eigenvalue weighted by Gasteiger charge is -2.39. The van der Waals surface area contributed by atoms with E-state index in [1.54, 1.807) is 17.2 Å². The van der Waals surface area contributed by atoms with Crippen molar-refractivity contribution < 1.29 is 18.8 Å². The molecule has 2 heterocycles. The molecule has 1 aliphatic heterocycles. The second-order valence-electron chi connectivity index (χ2n) is 6.68. The number of carbonyl (C=O) groups is 1. The Hall–Kier alpha value is -1.56. The molecular formula is C15H24N2O4. The summed E-state index contributed by atoms with van der Waals surface area (Å²) < 4.78 is 16.3. The molecule has 0 radical (unpaired) electrons. The van der Waals surface area contributed by atoms with E-state index in [0.717, 1.165) is 12.8 Å². The van der Waals surface area contributed by atoms with Crippen LogP contribution < -0.4 is 0 Å². The molecule has 0 aromatic carbocycles. The van der Waals surface area contributed by atoms with Gasteiger partial charge >= 0.3 is 6.09 Å². The van der Waals surface area contributed by atoms with Crippen LogP contribution in [0.1, 0.15) is 46.3 Å². The maximum atomic E-state index is 12.0. The van der Waals surface area contributed by atoms with Gasteiger partial charge in [0.1, 0.15) is 12.2 Å². The van der Waals surface area contributed by atoms with E-state index >= 15 is 0 Å². The number of ether oxygens (including phenoxy) is 2. The Kier molecular flexibility index (Phi) is 4.56. The summed E-state index contributed by atoms with van der Waals surface area (Å²) in [6.45, 7) is 9.38. The number of hydrogen-bond donors (Lipinski definition) is 0. The average Bonchev–Trinajstić information content (AvgIpc) is 2.88. The first kappa shape index (κ1) is 15.8. The molecule has 0 saturated carbocycles. The van der Waals surface area contributed by atoms with Gasteiger partial charge < -0.3 is 18.9 Å². The highest BCUT2D eigenvalue weighted by atomic mass is 16.6. The molecule has 6 heteroatoms. The molecule has 1 saturated heterocycles. The third-order valence-electron chi connectivity index (χ3n) is 3.53. The van der Waals surface area contributed by atoms with E-state index in [1.165, 1.54) is 0 Å². The molecule has 0 bridgehead atoms. The molecule has 6 nitrogen and oxygen atoms in total. The maximum absolute atomic E-state index is 12.0. The second kappa shape index (κ2) is 6.05. The number of hydrogen-bond acceptors (Lipinski definition) is 5.